The molecule has 4 aromatic rings. The highest BCUT2D eigenvalue weighted by atomic mass is 16.5. The van der Waals surface area contributed by atoms with Gasteiger partial charge in [-0.25, -0.2) is 4.90 Å². The van der Waals surface area contributed by atoms with Crippen LogP contribution < -0.4 is 10.6 Å². The van der Waals surface area contributed by atoms with Crippen LogP contribution in [0.3, 0.4) is 0 Å². The number of nitrogens with zero attached hydrogens (tertiary/aromatic N) is 3. The molecule has 1 fully saturated rings. The van der Waals surface area contributed by atoms with Gasteiger partial charge in [0.15, 0.2) is 0 Å². The van der Waals surface area contributed by atoms with Crippen molar-refractivity contribution < 1.29 is 19.1 Å². The Morgan fingerprint density at radius 2 is 1.82 bits per heavy atom. The van der Waals surface area contributed by atoms with Gasteiger partial charge in [-0.05, 0) is 54.8 Å². The van der Waals surface area contributed by atoms with E-state index in [1.165, 1.54) is 0 Å². The average molecular weight is 522 g/mol. The molecule has 0 aliphatic carbocycles. The van der Waals surface area contributed by atoms with E-state index in [2.05, 4.69) is 10.2 Å². The molecule has 196 valence electrons. The molecule has 6 rings (SSSR count). The van der Waals surface area contributed by atoms with Gasteiger partial charge in [-0.1, -0.05) is 36.4 Å². The van der Waals surface area contributed by atoms with Crippen molar-refractivity contribution in [1.82, 2.24) is 15.1 Å². The number of nitrogen functional groups attached to an aromatic ring is 1. The number of benzene rings is 3. The number of fused-ring (bicyclic) bond motifs is 2. The lowest BCUT2D eigenvalue weighted by molar-refractivity contribution is 0.0350. The maximum atomic E-state index is 13.5. The van der Waals surface area contributed by atoms with Crippen LogP contribution in [0.1, 0.15) is 55.2 Å². The summed E-state index contributed by atoms with van der Waals surface area (Å²) in [7, 11) is 1.68. The van der Waals surface area contributed by atoms with Crippen molar-refractivity contribution in [2.45, 2.75) is 18.9 Å². The second-order valence-corrected chi connectivity index (χ2v) is 9.70. The fraction of sp³-hybridized carbons (Fsp3) is 0.200. The van der Waals surface area contributed by atoms with Crippen LogP contribution in [0.5, 0.6) is 0 Å². The van der Waals surface area contributed by atoms with E-state index in [0.29, 0.717) is 35.6 Å². The summed E-state index contributed by atoms with van der Waals surface area (Å²) in [6.45, 7) is 1.15. The number of methoxy groups -OCH3 is 1. The van der Waals surface area contributed by atoms with Gasteiger partial charge < -0.3 is 15.4 Å². The number of carbonyl (C=O) groups excluding carboxylic acids is 3. The number of aromatic amines is 1. The van der Waals surface area contributed by atoms with Crippen LogP contribution in [0.2, 0.25) is 0 Å². The summed E-state index contributed by atoms with van der Waals surface area (Å²) in [6.07, 6.45) is 5.26. The third-order valence-corrected chi connectivity index (χ3v) is 7.45. The van der Waals surface area contributed by atoms with Crippen molar-refractivity contribution in [2.24, 2.45) is 0 Å². The zero-order chi connectivity index (χ0) is 27.1. The predicted molar refractivity (Wildman–Crippen MR) is 149 cm³/mol. The minimum absolute atomic E-state index is 0.138. The molecule has 3 heterocycles. The van der Waals surface area contributed by atoms with Crippen LogP contribution in [0.15, 0.2) is 60.7 Å². The number of nitrogens with two attached hydrogens (primary N) is 1. The molecule has 9 nitrogen and oxygen atoms in total. The Bertz CT molecular complexity index is 1650. The molecule has 0 radical (unpaired) electrons. The molecule has 9 heteroatoms. The van der Waals surface area contributed by atoms with Crippen LogP contribution in [0, 0.1) is 0 Å². The molecule has 1 saturated heterocycles. The zero-order valence-corrected chi connectivity index (χ0v) is 21.4. The molecule has 3 N–H and O–H groups in total. The van der Waals surface area contributed by atoms with Gasteiger partial charge in [-0.2, -0.15) is 5.10 Å². The average Bonchev–Trinajstić information content (AvgIpc) is 3.50. The molecule has 2 aliphatic rings. The number of amides is 3. The van der Waals surface area contributed by atoms with Gasteiger partial charge >= 0.3 is 0 Å². The lowest BCUT2D eigenvalue weighted by Gasteiger charge is -2.31. The Hall–Kier alpha value is -4.76. The fourth-order valence-corrected chi connectivity index (χ4v) is 5.30. The number of aromatic nitrogens is 2. The van der Waals surface area contributed by atoms with Crippen molar-refractivity contribution in [3.8, 4) is 0 Å². The first-order valence-corrected chi connectivity index (χ1v) is 12.8. The molecule has 0 spiro atoms. The van der Waals surface area contributed by atoms with Gasteiger partial charge in [-0.15, -0.1) is 0 Å². The van der Waals surface area contributed by atoms with Crippen LogP contribution in [0.25, 0.3) is 23.1 Å². The summed E-state index contributed by atoms with van der Waals surface area (Å²) >= 11 is 0. The number of hydrogen-bond donors (Lipinski definition) is 2. The topological polar surface area (TPSA) is 122 Å². The number of rotatable bonds is 5. The zero-order valence-electron chi connectivity index (χ0n) is 21.4. The van der Waals surface area contributed by atoms with Gasteiger partial charge in [0.25, 0.3) is 17.7 Å². The highest BCUT2D eigenvalue weighted by Crippen LogP contribution is 2.35. The van der Waals surface area contributed by atoms with Gasteiger partial charge in [-0.3, -0.25) is 19.5 Å². The van der Waals surface area contributed by atoms with Gasteiger partial charge in [0, 0.05) is 36.8 Å². The largest absolute Gasteiger partial charge is 0.398 e. The van der Waals surface area contributed by atoms with E-state index in [-0.39, 0.29) is 28.8 Å². The number of likely N-dealkylation sites (tertiary alicyclic amines) is 1. The Labute approximate surface area is 224 Å². The van der Waals surface area contributed by atoms with Crippen molar-refractivity contribution in [2.75, 3.05) is 30.8 Å². The van der Waals surface area contributed by atoms with Crippen molar-refractivity contribution >= 4 is 52.2 Å². The number of imide groups is 1. The maximum Gasteiger partial charge on any atom is 0.268 e. The van der Waals surface area contributed by atoms with Crippen molar-refractivity contribution in [3.63, 3.8) is 0 Å². The molecule has 0 saturated carbocycles. The van der Waals surface area contributed by atoms with Gasteiger partial charge in [0.05, 0.1) is 34.1 Å². The van der Waals surface area contributed by atoms with E-state index in [0.717, 1.165) is 28.6 Å². The van der Waals surface area contributed by atoms with Gasteiger partial charge in [0.1, 0.15) is 0 Å². The molecular formula is C30H27N5O4. The van der Waals surface area contributed by atoms with E-state index >= 15 is 0 Å². The molecule has 2 aliphatic heterocycles. The van der Waals surface area contributed by atoms with Crippen LogP contribution >= 0.6 is 0 Å². The van der Waals surface area contributed by atoms with E-state index < -0.39 is 11.8 Å². The van der Waals surface area contributed by atoms with Crippen LogP contribution in [-0.4, -0.2) is 59.1 Å². The van der Waals surface area contributed by atoms with Crippen LogP contribution in [0.4, 0.5) is 11.4 Å². The summed E-state index contributed by atoms with van der Waals surface area (Å²) in [5.41, 5.74) is 9.64. The predicted octanol–water partition coefficient (Wildman–Crippen LogP) is 4.37. The number of H-pyrrole nitrogens is 1. The van der Waals surface area contributed by atoms with E-state index in [9.17, 15) is 14.4 Å². The lowest BCUT2D eigenvalue weighted by Crippen LogP contribution is -2.40. The fourth-order valence-electron chi connectivity index (χ4n) is 5.30. The molecule has 0 atom stereocenters. The molecule has 0 unspecified atom stereocenters. The smallest absolute Gasteiger partial charge is 0.268 e. The summed E-state index contributed by atoms with van der Waals surface area (Å²) < 4.78 is 5.43. The Kier molecular flexibility index (Phi) is 6.20. The first-order chi connectivity index (χ1) is 19.0. The summed E-state index contributed by atoms with van der Waals surface area (Å²) in [5.74, 6) is -1.15. The highest BCUT2D eigenvalue weighted by Gasteiger charge is 2.39. The third-order valence-electron chi connectivity index (χ3n) is 7.45. The summed E-state index contributed by atoms with van der Waals surface area (Å²) in [6, 6.07) is 17.7. The maximum absolute atomic E-state index is 13.5. The molecule has 1 aromatic heterocycles. The minimum atomic E-state index is -0.515. The third kappa shape index (κ3) is 4.26. The molecule has 3 aromatic carbocycles. The quantitative estimate of drug-likeness (QED) is 0.297. The molecule has 0 bridgehead atoms. The monoisotopic (exact) mass is 521 g/mol. The first kappa shape index (κ1) is 24.6. The second kappa shape index (κ2) is 9.85. The number of nitrogens with one attached hydrogen (secondary N) is 1. The molecule has 3 amide bonds. The SMILES string of the molecule is COC1CCN(C(=O)c2ccc(/C=C/c3n[nH]c4ccccc34)c(N3C(=O)c4cccc(N)c4C3=O)c2)CC1. The number of hydrogen-bond acceptors (Lipinski definition) is 6. The van der Waals surface area contributed by atoms with E-state index in [1.807, 2.05) is 30.3 Å². The van der Waals surface area contributed by atoms with Gasteiger partial charge in [0.2, 0.25) is 0 Å². The number of carbonyl (C=O) groups is 3. The highest BCUT2D eigenvalue weighted by molar-refractivity contribution is 6.36. The Balaban J connectivity index is 1.41. The Morgan fingerprint density at radius 1 is 1.03 bits per heavy atom. The summed E-state index contributed by atoms with van der Waals surface area (Å²) in [5, 5.41) is 8.33. The number of para-hydroxylation sites is 1. The number of piperidine rings is 1. The van der Waals surface area contributed by atoms with E-state index in [1.54, 1.807) is 54.5 Å². The molecule has 39 heavy (non-hydrogen) atoms. The number of ether oxygens (including phenoxy) is 1. The minimum Gasteiger partial charge on any atom is -0.398 e. The van der Waals surface area contributed by atoms with E-state index in [4.69, 9.17) is 10.5 Å². The lowest BCUT2D eigenvalue weighted by atomic mass is 10.0. The van der Waals surface area contributed by atoms with Crippen molar-refractivity contribution in [1.29, 1.82) is 0 Å². The standard InChI is InChI=1S/C30H27N5O4/c1-39-20-13-15-34(16-14-20)28(36)19-10-9-18(11-12-25-21-5-2-3-8-24(21)32-33-25)26(17-19)35-29(37)22-6-4-7-23(31)27(22)30(35)38/h2-12,17,20H,13-16,31H2,1H3,(H,32,33)/b12-11+. The van der Waals surface area contributed by atoms with Crippen LogP contribution in [-0.2, 0) is 4.74 Å². The van der Waals surface area contributed by atoms with Crippen molar-refractivity contribution in [3.05, 3.63) is 88.6 Å². The normalized spacial score (nSPS) is 16.0. The first-order valence-electron chi connectivity index (χ1n) is 12.8. The second-order valence-electron chi connectivity index (χ2n) is 9.70. The number of anilines is 2. The Morgan fingerprint density at radius 3 is 2.59 bits per heavy atom. The summed E-state index contributed by atoms with van der Waals surface area (Å²) in [4.78, 5) is 43.3. The molecular weight excluding hydrogens is 494 g/mol.